The highest BCUT2D eigenvalue weighted by atomic mass is 19.4. The molecule has 0 unspecified atom stereocenters. The highest BCUT2D eigenvalue weighted by Gasteiger charge is 2.34. The molecule has 0 atom stereocenters. The molecule has 0 fully saturated rings. The van der Waals surface area contributed by atoms with Crippen LogP contribution in [0.5, 0.6) is 5.75 Å². The van der Waals surface area contributed by atoms with Crippen molar-refractivity contribution < 1.29 is 36.6 Å². The first-order chi connectivity index (χ1) is 9.79. The average Bonchev–Trinajstić information content (AvgIpc) is 2.85. The van der Waals surface area contributed by atoms with Gasteiger partial charge >= 0.3 is 12.1 Å². The van der Waals surface area contributed by atoms with E-state index in [1.54, 1.807) is 0 Å². The summed E-state index contributed by atoms with van der Waals surface area (Å²) in [7, 11) is 0. The van der Waals surface area contributed by atoms with E-state index >= 15 is 0 Å². The van der Waals surface area contributed by atoms with Crippen LogP contribution in [0.25, 0.3) is 0 Å². The van der Waals surface area contributed by atoms with Gasteiger partial charge in [0.05, 0.1) is 11.8 Å². The Bertz CT molecular complexity index is 660. The summed E-state index contributed by atoms with van der Waals surface area (Å²) in [6.45, 7) is -0.391. The fourth-order valence-corrected chi connectivity index (χ4v) is 1.60. The minimum absolute atomic E-state index is 0.0552. The summed E-state index contributed by atoms with van der Waals surface area (Å²) >= 11 is 0. The van der Waals surface area contributed by atoms with E-state index in [-0.39, 0.29) is 17.1 Å². The largest absolute Gasteiger partial charge is 0.486 e. The normalized spacial score (nSPS) is 11.4. The van der Waals surface area contributed by atoms with Gasteiger partial charge in [0.25, 0.3) is 0 Å². The lowest BCUT2D eigenvalue weighted by Gasteiger charge is -2.10. The van der Waals surface area contributed by atoms with Crippen LogP contribution in [0.15, 0.2) is 34.9 Å². The summed E-state index contributed by atoms with van der Waals surface area (Å²) in [5.74, 6) is -2.98. The Balaban J connectivity index is 2.17. The van der Waals surface area contributed by atoms with Gasteiger partial charge in [-0.3, -0.25) is 0 Å². The van der Waals surface area contributed by atoms with Crippen LogP contribution in [-0.4, -0.2) is 11.1 Å². The van der Waals surface area contributed by atoms with Crippen LogP contribution in [0.3, 0.4) is 0 Å². The number of rotatable bonds is 4. The molecular weight excluding hydrogens is 296 g/mol. The number of aromatic carboxylic acids is 1. The second-order valence-electron chi connectivity index (χ2n) is 3.99. The number of halogens is 4. The minimum atomic E-state index is -4.85. The number of hydrogen-bond donors (Lipinski definition) is 1. The summed E-state index contributed by atoms with van der Waals surface area (Å²) in [5, 5.41) is 8.83. The molecule has 1 aromatic heterocycles. The molecule has 0 aliphatic rings. The third-order valence-corrected chi connectivity index (χ3v) is 2.59. The summed E-state index contributed by atoms with van der Waals surface area (Å²) < 4.78 is 60.5. The molecule has 21 heavy (non-hydrogen) atoms. The Hall–Kier alpha value is -2.51. The van der Waals surface area contributed by atoms with Crippen LogP contribution in [0.4, 0.5) is 17.6 Å². The predicted octanol–water partition coefficient (Wildman–Crippen LogP) is 3.71. The molecule has 0 bridgehead atoms. The molecule has 0 radical (unpaired) electrons. The summed E-state index contributed by atoms with van der Waals surface area (Å²) in [4.78, 5) is 10.8. The van der Waals surface area contributed by atoms with E-state index in [9.17, 15) is 22.4 Å². The van der Waals surface area contributed by atoms with Gasteiger partial charge in [0.2, 0.25) is 0 Å². The number of ether oxygens (including phenoxy) is 1. The average molecular weight is 304 g/mol. The number of carbonyl (C=O) groups is 1. The first-order valence-electron chi connectivity index (χ1n) is 5.58. The molecule has 0 aliphatic carbocycles. The number of carboxylic acid groups (broad SMARTS) is 1. The number of furan rings is 1. The highest BCUT2D eigenvalue weighted by molar-refractivity contribution is 5.88. The zero-order valence-electron chi connectivity index (χ0n) is 10.3. The Morgan fingerprint density at radius 1 is 1.29 bits per heavy atom. The Kier molecular flexibility index (Phi) is 3.88. The maximum Gasteiger partial charge on any atom is 0.419 e. The van der Waals surface area contributed by atoms with Crippen LogP contribution in [0, 0.1) is 5.82 Å². The molecule has 2 aromatic rings. The van der Waals surface area contributed by atoms with Crippen LogP contribution in [-0.2, 0) is 12.8 Å². The van der Waals surface area contributed by atoms with E-state index in [2.05, 4.69) is 0 Å². The molecule has 0 spiro atoms. The van der Waals surface area contributed by atoms with E-state index in [0.717, 1.165) is 12.3 Å². The topological polar surface area (TPSA) is 59.7 Å². The summed E-state index contributed by atoms with van der Waals surface area (Å²) in [6.07, 6.45) is -3.73. The SMILES string of the molecule is O=C(O)c1ccoc1COc1ccc(F)c(C(F)(F)F)c1. The second-order valence-corrected chi connectivity index (χ2v) is 3.99. The van der Waals surface area contributed by atoms with E-state index in [0.29, 0.717) is 12.1 Å². The number of alkyl halides is 3. The van der Waals surface area contributed by atoms with Crippen LogP contribution in [0.1, 0.15) is 21.7 Å². The second kappa shape index (κ2) is 5.47. The fourth-order valence-electron chi connectivity index (χ4n) is 1.60. The fraction of sp³-hybridized carbons (Fsp3) is 0.154. The minimum Gasteiger partial charge on any atom is -0.486 e. The van der Waals surface area contributed by atoms with E-state index in [1.165, 1.54) is 6.07 Å². The van der Waals surface area contributed by atoms with Crippen molar-refractivity contribution in [2.75, 3.05) is 0 Å². The molecule has 4 nitrogen and oxygen atoms in total. The number of benzene rings is 1. The molecule has 0 amide bonds. The Morgan fingerprint density at radius 3 is 2.62 bits per heavy atom. The van der Waals surface area contributed by atoms with Gasteiger partial charge in [-0.2, -0.15) is 13.2 Å². The third kappa shape index (κ3) is 3.33. The highest BCUT2D eigenvalue weighted by Crippen LogP contribution is 2.33. The van der Waals surface area contributed by atoms with Gasteiger partial charge in [-0.1, -0.05) is 0 Å². The lowest BCUT2D eigenvalue weighted by molar-refractivity contribution is -0.140. The zero-order chi connectivity index (χ0) is 15.6. The smallest absolute Gasteiger partial charge is 0.419 e. The molecule has 2 rings (SSSR count). The van der Waals surface area contributed by atoms with Gasteiger partial charge in [-0.25, -0.2) is 9.18 Å². The molecule has 1 N–H and O–H groups in total. The van der Waals surface area contributed by atoms with Crippen molar-refractivity contribution in [1.29, 1.82) is 0 Å². The van der Waals surface area contributed by atoms with Crippen molar-refractivity contribution >= 4 is 5.97 Å². The van der Waals surface area contributed by atoms with Gasteiger partial charge in [0.15, 0.2) is 5.76 Å². The first kappa shape index (κ1) is 14.9. The first-order valence-corrected chi connectivity index (χ1v) is 5.58. The molecule has 0 saturated carbocycles. The molecule has 1 heterocycles. The van der Waals surface area contributed by atoms with Crippen molar-refractivity contribution in [3.63, 3.8) is 0 Å². The molecule has 8 heteroatoms. The van der Waals surface area contributed by atoms with Crippen molar-refractivity contribution in [2.45, 2.75) is 12.8 Å². The molecule has 1 aromatic carbocycles. The molecule has 0 saturated heterocycles. The van der Waals surface area contributed by atoms with Crippen molar-refractivity contribution in [3.05, 3.63) is 53.2 Å². The van der Waals surface area contributed by atoms with Gasteiger partial charge in [-0.15, -0.1) is 0 Å². The summed E-state index contributed by atoms with van der Waals surface area (Å²) in [5.41, 5.74) is -1.62. The van der Waals surface area contributed by atoms with Crippen molar-refractivity contribution in [2.24, 2.45) is 0 Å². The molecule has 0 aliphatic heterocycles. The number of carboxylic acids is 1. The standard InChI is InChI=1S/C13H8F4O4/c14-10-2-1-7(5-9(10)13(15,16)17)21-6-11-8(12(18)19)3-4-20-11/h1-5H,6H2,(H,18,19). The molecular formula is C13H8F4O4. The number of hydrogen-bond acceptors (Lipinski definition) is 3. The van der Waals surface area contributed by atoms with E-state index in [1.807, 2.05) is 0 Å². The van der Waals surface area contributed by atoms with Crippen molar-refractivity contribution in [3.8, 4) is 5.75 Å². The quantitative estimate of drug-likeness (QED) is 0.875. The Labute approximate surface area is 115 Å². The maximum atomic E-state index is 13.1. The van der Waals surface area contributed by atoms with Crippen LogP contribution < -0.4 is 4.74 Å². The van der Waals surface area contributed by atoms with Crippen LogP contribution >= 0.6 is 0 Å². The van der Waals surface area contributed by atoms with Gasteiger partial charge in [0, 0.05) is 0 Å². The van der Waals surface area contributed by atoms with Gasteiger partial charge in [0.1, 0.15) is 23.7 Å². The lowest BCUT2D eigenvalue weighted by Crippen LogP contribution is -2.09. The van der Waals surface area contributed by atoms with Crippen LogP contribution in [0.2, 0.25) is 0 Å². The monoisotopic (exact) mass is 304 g/mol. The van der Waals surface area contributed by atoms with E-state index < -0.39 is 30.1 Å². The van der Waals surface area contributed by atoms with Gasteiger partial charge in [-0.05, 0) is 24.3 Å². The molecule has 112 valence electrons. The van der Waals surface area contributed by atoms with E-state index in [4.69, 9.17) is 14.3 Å². The zero-order valence-corrected chi connectivity index (χ0v) is 10.3. The van der Waals surface area contributed by atoms with Crippen molar-refractivity contribution in [1.82, 2.24) is 0 Å². The van der Waals surface area contributed by atoms with Gasteiger partial charge < -0.3 is 14.3 Å². The summed E-state index contributed by atoms with van der Waals surface area (Å²) in [6, 6.07) is 3.32. The predicted molar refractivity (Wildman–Crippen MR) is 61.4 cm³/mol. The maximum absolute atomic E-state index is 13.1. The third-order valence-electron chi connectivity index (χ3n) is 2.59. The Morgan fingerprint density at radius 2 is 2.00 bits per heavy atom. The lowest BCUT2D eigenvalue weighted by atomic mass is 10.2.